The molecule has 0 aliphatic rings. The third-order valence-electron chi connectivity index (χ3n) is 2.91. The molecule has 6 nitrogen and oxygen atoms in total. The third kappa shape index (κ3) is 4.85. The van der Waals surface area contributed by atoms with Crippen LogP contribution in [0, 0.1) is 5.82 Å². The summed E-state index contributed by atoms with van der Waals surface area (Å²) in [5.74, 6) is -0.948. The van der Waals surface area contributed by atoms with Gasteiger partial charge < -0.3 is 9.47 Å². The zero-order valence-corrected chi connectivity index (χ0v) is 13.4. The zero-order valence-electron chi connectivity index (χ0n) is 12.6. The molecular formula is C16H14ClFN2O4. The molecule has 0 saturated heterocycles. The number of nitrogens with one attached hydrogen (secondary N) is 2. The minimum absolute atomic E-state index is 0.171. The average Bonchev–Trinajstić information content (AvgIpc) is 2.59. The lowest BCUT2D eigenvalue weighted by Gasteiger charge is -2.11. The van der Waals surface area contributed by atoms with E-state index in [9.17, 15) is 14.0 Å². The van der Waals surface area contributed by atoms with Gasteiger partial charge in [0.25, 0.3) is 11.8 Å². The van der Waals surface area contributed by atoms with E-state index in [1.807, 2.05) is 0 Å². The van der Waals surface area contributed by atoms with Gasteiger partial charge in [-0.1, -0.05) is 11.6 Å². The smallest absolute Gasteiger partial charge is 0.276 e. The molecule has 126 valence electrons. The van der Waals surface area contributed by atoms with E-state index in [2.05, 4.69) is 10.9 Å². The molecule has 2 N–H and O–H groups in total. The number of methoxy groups -OCH3 is 1. The molecule has 0 saturated carbocycles. The first-order chi connectivity index (χ1) is 11.5. The largest absolute Gasteiger partial charge is 0.496 e. The Morgan fingerprint density at radius 3 is 2.50 bits per heavy atom. The second kappa shape index (κ2) is 8.16. The van der Waals surface area contributed by atoms with E-state index in [0.717, 1.165) is 0 Å². The van der Waals surface area contributed by atoms with Gasteiger partial charge in [0.2, 0.25) is 0 Å². The quantitative estimate of drug-likeness (QED) is 0.810. The number of benzene rings is 2. The number of rotatable bonds is 5. The van der Waals surface area contributed by atoms with Gasteiger partial charge in [0, 0.05) is 5.02 Å². The van der Waals surface area contributed by atoms with Crippen molar-refractivity contribution in [3.05, 3.63) is 58.9 Å². The highest BCUT2D eigenvalue weighted by Gasteiger charge is 2.14. The van der Waals surface area contributed by atoms with Crippen LogP contribution >= 0.6 is 11.6 Å². The van der Waals surface area contributed by atoms with Crippen LogP contribution in [-0.4, -0.2) is 25.5 Å². The summed E-state index contributed by atoms with van der Waals surface area (Å²) in [5.41, 5.74) is 4.60. The molecule has 0 fully saturated rings. The minimum Gasteiger partial charge on any atom is -0.496 e. The minimum atomic E-state index is -0.593. The molecule has 0 radical (unpaired) electrons. The lowest BCUT2D eigenvalue weighted by Crippen LogP contribution is -2.43. The normalized spacial score (nSPS) is 9.96. The van der Waals surface area contributed by atoms with E-state index >= 15 is 0 Å². The lowest BCUT2D eigenvalue weighted by molar-refractivity contribution is -0.123. The molecule has 0 unspecified atom stereocenters. The highest BCUT2D eigenvalue weighted by atomic mass is 35.5. The molecule has 0 atom stereocenters. The van der Waals surface area contributed by atoms with Crippen LogP contribution in [0.15, 0.2) is 42.5 Å². The van der Waals surface area contributed by atoms with Crippen LogP contribution in [0.25, 0.3) is 0 Å². The molecule has 0 aromatic heterocycles. The van der Waals surface area contributed by atoms with Crippen LogP contribution < -0.4 is 20.3 Å². The monoisotopic (exact) mass is 352 g/mol. The Kier molecular flexibility index (Phi) is 5.97. The van der Waals surface area contributed by atoms with Crippen LogP contribution in [0.1, 0.15) is 10.4 Å². The molecule has 2 aromatic rings. The molecule has 0 bridgehead atoms. The van der Waals surface area contributed by atoms with Crippen molar-refractivity contribution in [1.82, 2.24) is 10.9 Å². The van der Waals surface area contributed by atoms with Crippen LogP contribution in [-0.2, 0) is 4.79 Å². The topological polar surface area (TPSA) is 76.7 Å². The Morgan fingerprint density at radius 2 is 1.83 bits per heavy atom. The summed E-state index contributed by atoms with van der Waals surface area (Å²) in [7, 11) is 1.41. The first kappa shape index (κ1) is 17.6. The maximum absolute atomic E-state index is 12.7. The molecule has 0 spiro atoms. The Bertz CT molecular complexity index is 737. The Hall–Kier alpha value is -2.80. The van der Waals surface area contributed by atoms with Crippen molar-refractivity contribution in [3.63, 3.8) is 0 Å². The van der Waals surface area contributed by atoms with Crippen molar-refractivity contribution in [2.24, 2.45) is 0 Å². The SMILES string of the molecule is COc1ccc(Cl)cc1C(=O)NNC(=O)COc1ccc(F)cc1. The highest BCUT2D eigenvalue weighted by molar-refractivity contribution is 6.31. The number of hydrazine groups is 1. The summed E-state index contributed by atoms with van der Waals surface area (Å²) in [5, 5.41) is 0.354. The predicted molar refractivity (Wildman–Crippen MR) is 85.5 cm³/mol. The summed E-state index contributed by atoms with van der Waals surface area (Å²) in [4.78, 5) is 23.7. The average molecular weight is 353 g/mol. The van der Waals surface area contributed by atoms with Crippen molar-refractivity contribution in [1.29, 1.82) is 0 Å². The standard InChI is InChI=1S/C16H14ClFN2O4/c1-23-14-7-2-10(17)8-13(14)16(22)20-19-15(21)9-24-12-5-3-11(18)4-6-12/h2-8H,9H2,1H3,(H,19,21)(H,20,22). The predicted octanol–water partition coefficient (Wildman–Crippen LogP) is 2.33. The summed E-state index contributed by atoms with van der Waals surface area (Å²) in [6.45, 7) is -0.349. The van der Waals surface area contributed by atoms with Gasteiger partial charge in [0.15, 0.2) is 6.61 Å². The van der Waals surface area contributed by atoms with Gasteiger partial charge >= 0.3 is 0 Å². The Balaban J connectivity index is 1.86. The summed E-state index contributed by atoms with van der Waals surface area (Å²) < 4.78 is 22.9. The molecule has 2 amide bonds. The number of carbonyl (C=O) groups is 2. The van der Waals surface area contributed by atoms with E-state index in [1.54, 1.807) is 6.07 Å². The Labute approximate surface area is 142 Å². The molecule has 0 aliphatic carbocycles. The lowest BCUT2D eigenvalue weighted by atomic mass is 10.2. The number of amides is 2. The summed E-state index contributed by atoms with van der Waals surface area (Å²) in [6, 6.07) is 9.72. The van der Waals surface area contributed by atoms with E-state index in [0.29, 0.717) is 16.5 Å². The molecule has 2 aromatic carbocycles. The molecule has 0 heterocycles. The van der Waals surface area contributed by atoms with Crippen LogP contribution in [0.3, 0.4) is 0 Å². The first-order valence-electron chi connectivity index (χ1n) is 6.80. The van der Waals surface area contributed by atoms with Gasteiger partial charge in [-0.05, 0) is 42.5 Å². The first-order valence-corrected chi connectivity index (χ1v) is 7.18. The van der Waals surface area contributed by atoms with Gasteiger partial charge in [-0.2, -0.15) is 0 Å². The summed E-state index contributed by atoms with van der Waals surface area (Å²) in [6.07, 6.45) is 0. The van der Waals surface area contributed by atoms with Gasteiger partial charge in [0.05, 0.1) is 12.7 Å². The van der Waals surface area contributed by atoms with Crippen molar-refractivity contribution in [2.75, 3.05) is 13.7 Å². The highest BCUT2D eigenvalue weighted by Crippen LogP contribution is 2.22. The fraction of sp³-hybridized carbons (Fsp3) is 0.125. The fourth-order valence-corrected chi connectivity index (χ4v) is 1.94. The molecular weight excluding hydrogens is 339 g/mol. The van der Waals surface area contributed by atoms with Gasteiger partial charge in [-0.25, -0.2) is 4.39 Å². The number of ether oxygens (including phenoxy) is 2. The van der Waals surface area contributed by atoms with E-state index in [1.165, 1.54) is 43.5 Å². The summed E-state index contributed by atoms with van der Waals surface area (Å²) >= 11 is 5.84. The number of halogens is 2. The van der Waals surface area contributed by atoms with E-state index in [4.69, 9.17) is 21.1 Å². The van der Waals surface area contributed by atoms with Crippen molar-refractivity contribution in [2.45, 2.75) is 0 Å². The second-order valence-corrected chi connectivity index (χ2v) is 5.03. The van der Waals surface area contributed by atoms with Gasteiger partial charge in [0.1, 0.15) is 17.3 Å². The van der Waals surface area contributed by atoms with Gasteiger partial charge in [-0.3, -0.25) is 20.4 Å². The van der Waals surface area contributed by atoms with Crippen LogP contribution in [0.4, 0.5) is 4.39 Å². The number of hydrogen-bond acceptors (Lipinski definition) is 4. The molecule has 24 heavy (non-hydrogen) atoms. The van der Waals surface area contributed by atoms with Crippen molar-refractivity contribution >= 4 is 23.4 Å². The fourth-order valence-electron chi connectivity index (χ4n) is 1.77. The van der Waals surface area contributed by atoms with E-state index < -0.39 is 17.6 Å². The van der Waals surface area contributed by atoms with Crippen molar-refractivity contribution in [3.8, 4) is 11.5 Å². The van der Waals surface area contributed by atoms with E-state index in [-0.39, 0.29) is 12.2 Å². The van der Waals surface area contributed by atoms with Gasteiger partial charge in [-0.15, -0.1) is 0 Å². The van der Waals surface area contributed by atoms with Crippen molar-refractivity contribution < 1.29 is 23.5 Å². The molecule has 2 rings (SSSR count). The third-order valence-corrected chi connectivity index (χ3v) is 3.14. The second-order valence-electron chi connectivity index (χ2n) is 4.59. The number of carbonyl (C=O) groups excluding carboxylic acids is 2. The molecule has 8 heteroatoms. The van der Waals surface area contributed by atoms with Crippen LogP contribution in [0.2, 0.25) is 5.02 Å². The maximum Gasteiger partial charge on any atom is 0.276 e. The van der Waals surface area contributed by atoms with Crippen LogP contribution in [0.5, 0.6) is 11.5 Å². The number of hydrogen-bond donors (Lipinski definition) is 2. The molecule has 0 aliphatic heterocycles. The Morgan fingerprint density at radius 1 is 1.12 bits per heavy atom. The maximum atomic E-state index is 12.7. The zero-order chi connectivity index (χ0) is 17.5.